The summed E-state index contributed by atoms with van der Waals surface area (Å²) < 4.78 is 3.89. The van der Waals surface area contributed by atoms with E-state index in [1.807, 2.05) is 5.38 Å². The fraction of sp³-hybridized carbons (Fsp3) is 0.800. The predicted octanol–water partition coefficient (Wildman–Crippen LogP) is 1.11. The Morgan fingerprint density at radius 3 is 3.27 bits per heavy atom. The second-order valence-corrected chi connectivity index (χ2v) is 4.76. The van der Waals surface area contributed by atoms with Crippen LogP contribution in [0.1, 0.15) is 25.0 Å². The van der Waals surface area contributed by atoms with Gasteiger partial charge in [-0.05, 0) is 50.9 Å². The number of nitrogens with one attached hydrogen (secondary N) is 1. The first-order chi connectivity index (χ1) is 7.36. The summed E-state index contributed by atoms with van der Waals surface area (Å²) in [5.41, 5.74) is 1.10. The summed E-state index contributed by atoms with van der Waals surface area (Å²) >= 11 is 1.43. The van der Waals surface area contributed by atoms with E-state index in [1.165, 1.54) is 37.3 Å². The number of hydrogen-bond acceptors (Lipinski definition) is 5. The molecule has 15 heavy (non-hydrogen) atoms. The molecule has 0 spiro atoms. The van der Waals surface area contributed by atoms with E-state index in [9.17, 15) is 0 Å². The van der Waals surface area contributed by atoms with E-state index < -0.39 is 0 Å². The van der Waals surface area contributed by atoms with E-state index in [2.05, 4.69) is 26.9 Å². The molecule has 1 fully saturated rings. The number of hydrogen-bond donors (Lipinski definition) is 1. The molecule has 1 aromatic rings. The van der Waals surface area contributed by atoms with Crippen LogP contribution in [0.25, 0.3) is 0 Å². The third-order valence-corrected chi connectivity index (χ3v) is 3.54. The van der Waals surface area contributed by atoms with Crippen molar-refractivity contribution >= 4 is 11.5 Å². The molecule has 1 aliphatic heterocycles. The third-order valence-electron chi connectivity index (χ3n) is 2.99. The van der Waals surface area contributed by atoms with Gasteiger partial charge in [0.25, 0.3) is 0 Å². The molecular weight excluding hydrogens is 208 g/mol. The van der Waals surface area contributed by atoms with Crippen LogP contribution in [0.4, 0.5) is 0 Å². The number of aromatic nitrogens is 2. The van der Waals surface area contributed by atoms with E-state index in [4.69, 9.17) is 0 Å². The Bertz CT molecular complexity index is 267. The maximum atomic E-state index is 4.09. The van der Waals surface area contributed by atoms with Gasteiger partial charge in [0.1, 0.15) is 0 Å². The smallest absolute Gasteiger partial charge is 0.0895 e. The summed E-state index contributed by atoms with van der Waals surface area (Å²) in [4.78, 5) is 2.41. The molecule has 0 saturated carbocycles. The molecule has 84 valence electrons. The van der Waals surface area contributed by atoms with Crippen LogP contribution < -0.4 is 5.32 Å². The topological polar surface area (TPSA) is 41.1 Å². The molecule has 0 radical (unpaired) electrons. The van der Waals surface area contributed by atoms with Gasteiger partial charge < -0.3 is 5.32 Å². The van der Waals surface area contributed by atoms with Crippen LogP contribution in [0.15, 0.2) is 5.38 Å². The van der Waals surface area contributed by atoms with Crippen LogP contribution in [-0.4, -0.2) is 40.7 Å². The van der Waals surface area contributed by atoms with Crippen molar-refractivity contribution in [2.75, 3.05) is 20.1 Å². The van der Waals surface area contributed by atoms with Gasteiger partial charge in [-0.2, -0.15) is 0 Å². The Labute approximate surface area is 94.8 Å². The Morgan fingerprint density at radius 1 is 1.53 bits per heavy atom. The van der Waals surface area contributed by atoms with Crippen molar-refractivity contribution in [2.45, 2.75) is 31.8 Å². The minimum atomic E-state index is 0.696. The van der Waals surface area contributed by atoms with Gasteiger partial charge in [0, 0.05) is 18.0 Å². The molecule has 5 heteroatoms. The fourth-order valence-corrected chi connectivity index (χ4v) is 2.52. The normalized spacial score (nSPS) is 22.9. The summed E-state index contributed by atoms with van der Waals surface area (Å²) in [5, 5.41) is 9.56. The minimum Gasteiger partial charge on any atom is -0.317 e. The molecule has 1 N–H and O–H groups in total. The second kappa shape index (κ2) is 5.53. The van der Waals surface area contributed by atoms with Crippen molar-refractivity contribution in [3.8, 4) is 0 Å². The SMILES string of the molecule is CN(Cc1csnn1)C1CCCNCC1. The molecule has 1 aromatic heterocycles. The molecular formula is C10H18N4S. The first-order valence-corrected chi connectivity index (χ1v) is 6.37. The van der Waals surface area contributed by atoms with Crippen molar-refractivity contribution in [2.24, 2.45) is 0 Å². The number of nitrogens with zero attached hydrogens (tertiary/aromatic N) is 3. The molecule has 0 bridgehead atoms. The summed E-state index contributed by atoms with van der Waals surface area (Å²) in [6.45, 7) is 3.24. The highest BCUT2D eigenvalue weighted by Gasteiger charge is 2.17. The van der Waals surface area contributed by atoms with Crippen molar-refractivity contribution in [1.82, 2.24) is 19.8 Å². The van der Waals surface area contributed by atoms with Gasteiger partial charge in [-0.3, -0.25) is 4.90 Å². The lowest BCUT2D eigenvalue weighted by atomic mass is 10.1. The summed E-state index contributed by atoms with van der Waals surface area (Å²) in [7, 11) is 2.19. The monoisotopic (exact) mass is 226 g/mol. The Kier molecular flexibility index (Phi) is 4.05. The zero-order valence-corrected chi connectivity index (χ0v) is 9.96. The Hall–Kier alpha value is -0.520. The van der Waals surface area contributed by atoms with E-state index in [-0.39, 0.29) is 0 Å². The number of rotatable bonds is 3. The fourth-order valence-electron chi connectivity index (χ4n) is 2.08. The van der Waals surface area contributed by atoms with E-state index >= 15 is 0 Å². The summed E-state index contributed by atoms with van der Waals surface area (Å²) in [5.74, 6) is 0. The van der Waals surface area contributed by atoms with E-state index in [0.717, 1.165) is 18.8 Å². The predicted molar refractivity (Wildman–Crippen MR) is 61.9 cm³/mol. The summed E-state index contributed by atoms with van der Waals surface area (Å²) in [6, 6.07) is 0.696. The van der Waals surface area contributed by atoms with Gasteiger partial charge in [0.2, 0.25) is 0 Å². The van der Waals surface area contributed by atoms with Gasteiger partial charge in [-0.1, -0.05) is 4.49 Å². The first kappa shape index (κ1) is 11.0. The highest BCUT2D eigenvalue weighted by atomic mass is 32.1. The maximum absolute atomic E-state index is 4.09. The lowest BCUT2D eigenvalue weighted by Crippen LogP contribution is -2.32. The van der Waals surface area contributed by atoms with Crippen LogP contribution in [-0.2, 0) is 6.54 Å². The molecule has 1 unspecified atom stereocenters. The average Bonchev–Trinajstić information content (AvgIpc) is 2.58. The van der Waals surface area contributed by atoms with Crippen LogP contribution in [0, 0.1) is 0 Å². The van der Waals surface area contributed by atoms with Gasteiger partial charge in [-0.25, -0.2) is 0 Å². The zero-order valence-electron chi connectivity index (χ0n) is 9.15. The Balaban J connectivity index is 1.86. The van der Waals surface area contributed by atoms with Crippen molar-refractivity contribution in [3.63, 3.8) is 0 Å². The van der Waals surface area contributed by atoms with Crippen LogP contribution in [0.3, 0.4) is 0 Å². The van der Waals surface area contributed by atoms with E-state index in [0.29, 0.717) is 6.04 Å². The standard InChI is InChI=1S/C10H18N4S/c1-14(7-9-8-15-13-12-9)10-3-2-5-11-6-4-10/h8,10-11H,2-7H2,1H3. The van der Waals surface area contributed by atoms with Crippen molar-refractivity contribution in [1.29, 1.82) is 0 Å². The van der Waals surface area contributed by atoms with Gasteiger partial charge >= 0.3 is 0 Å². The molecule has 0 aromatic carbocycles. The molecule has 1 aliphatic rings. The zero-order chi connectivity index (χ0) is 10.5. The molecule has 1 atom stereocenters. The van der Waals surface area contributed by atoms with Crippen LogP contribution in [0.2, 0.25) is 0 Å². The molecule has 2 rings (SSSR count). The molecule has 1 saturated heterocycles. The molecule has 4 nitrogen and oxygen atoms in total. The van der Waals surface area contributed by atoms with Gasteiger partial charge in [0.05, 0.1) is 5.69 Å². The lowest BCUT2D eigenvalue weighted by molar-refractivity contribution is 0.214. The largest absolute Gasteiger partial charge is 0.317 e. The summed E-state index contributed by atoms with van der Waals surface area (Å²) in [6.07, 6.45) is 3.82. The second-order valence-electron chi connectivity index (χ2n) is 4.15. The third kappa shape index (κ3) is 3.22. The quantitative estimate of drug-likeness (QED) is 0.838. The molecule has 2 heterocycles. The first-order valence-electron chi connectivity index (χ1n) is 5.53. The molecule has 0 aliphatic carbocycles. The average molecular weight is 226 g/mol. The van der Waals surface area contributed by atoms with Crippen LogP contribution >= 0.6 is 11.5 Å². The van der Waals surface area contributed by atoms with Crippen LogP contribution in [0.5, 0.6) is 0 Å². The maximum Gasteiger partial charge on any atom is 0.0895 e. The molecule has 0 amide bonds. The highest BCUT2D eigenvalue weighted by Crippen LogP contribution is 2.14. The lowest BCUT2D eigenvalue weighted by Gasteiger charge is -2.25. The van der Waals surface area contributed by atoms with Crippen molar-refractivity contribution < 1.29 is 0 Å². The van der Waals surface area contributed by atoms with E-state index in [1.54, 1.807) is 0 Å². The van der Waals surface area contributed by atoms with Gasteiger partial charge in [0.15, 0.2) is 0 Å². The van der Waals surface area contributed by atoms with Crippen molar-refractivity contribution in [3.05, 3.63) is 11.1 Å². The van der Waals surface area contributed by atoms with Gasteiger partial charge in [-0.15, -0.1) is 5.10 Å². The minimum absolute atomic E-state index is 0.696. The Morgan fingerprint density at radius 2 is 2.47 bits per heavy atom. The highest BCUT2D eigenvalue weighted by molar-refractivity contribution is 7.03.